The van der Waals surface area contributed by atoms with Gasteiger partial charge in [-0.3, -0.25) is 9.59 Å². The van der Waals surface area contributed by atoms with Crippen molar-refractivity contribution in [2.45, 2.75) is 33.1 Å². The van der Waals surface area contributed by atoms with Crippen LogP contribution in [0.25, 0.3) is 0 Å². The third-order valence-electron chi connectivity index (χ3n) is 5.45. The topological polar surface area (TPSA) is 58.6 Å². The highest BCUT2D eigenvalue weighted by molar-refractivity contribution is 7.14. The average Bonchev–Trinajstić information content (AvgIpc) is 3.10. The van der Waals surface area contributed by atoms with Gasteiger partial charge in [0.15, 0.2) is 0 Å². The van der Waals surface area contributed by atoms with Crippen molar-refractivity contribution in [3.63, 3.8) is 0 Å². The van der Waals surface area contributed by atoms with Crippen LogP contribution in [0.15, 0.2) is 24.3 Å². The van der Waals surface area contributed by atoms with E-state index in [0.29, 0.717) is 32.7 Å². The molecule has 2 heterocycles. The number of rotatable bonds is 3. The Kier molecular flexibility index (Phi) is 5.51. The molecule has 2 aromatic rings. The second-order valence-corrected chi connectivity index (χ2v) is 8.91. The smallest absolute Gasteiger partial charge is 0.264 e. The third-order valence-corrected chi connectivity index (χ3v) is 6.68. The molecule has 0 unspecified atom stereocenters. The highest BCUT2D eigenvalue weighted by Gasteiger charge is 2.29. The van der Waals surface area contributed by atoms with E-state index < -0.39 is 0 Å². The Balaban J connectivity index is 1.43. The van der Waals surface area contributed by atoms with Crippen molar-refractivity contribution in [3.05, 3.63) is 50.7 Å². The van der Waals surface area contributed by atoms with E-state index in [9.17, 15) is 9.59 Å². The van der Waals surface area contributed by atoms with Gasteiger partial charge in [0.1, 0.15) is 0 Å². The number of hydrogen-bond acceptors (Lipinski definition) is 4. The summed E-state index contributed by atoms with van der Waals surface area (Å²) in [6.07, 6.45) is 2.40. The molecule has 148 valence electrons. The highest BCUT2D eigenvalue weighted by Crippen LogP contribution is 2.33. The minimum atomic E-state index is -0.0470. The molecule has 2 aliphatic rings. The van der Waals surface area contributed by atoms with Crippen molar-refractivity contribution in [1.82, 2.24) is 4.90 Å². The van der Waals surface area contributed by atoms with Crippen LogP contribution < -0.4 is 5.32 Å². The Labute approximate surface area is 169 Å². The van der Waals surface area contributed by atoms with Gasteiger partial charge in [0.05, 0.1) is 18.1 Å². The molecule has 1 aliphatic carbocycles. The summed E-state index contributed by atoms with van der Waals surface area (Å²) in [5.41, 5.74) is 4.31. The van der Waals surface area contributed by atoms with E-state index in [2.05, 4.69) is 11.4 Å². The molecule has 1 fully saturated rings. The van der Waals surface area contributed by atoms with Crippen molar-refractivity contribution in [2.24, 2.45) is 5.92 Å². The van der Waals surface area contributed by atoms with Gasteiger partial charge in [-0.15, -0.1) is 11.3 Å². The van der Waals surface area contributed by atoms with Crippen LogP contribution in [0.3, 0.4) is 0 Å². The lowest BCUT2D eigenvalue weighted by atomic mass is 9.87. The first-order valence-electron chi connectivity index (χ1n) is 9.87. The molecule has 0 radical (unpaired) electrons. The van der Waals surface area contributed by atoms with E-state index in [1.54, 1.807) is 11.3 Å². The molecule has 1 aromatic heterocycles. The lowest BCUT2D eigenvalue weighted by Crippen LogP contribution is -2.40. The Morgan fingerprint density at radius 3 is 2.54 bits per heavy atom. The van der Waals surface area contributed by atoms with Crippen molar-refractivity contribution in [2.75, 3.05) is 31.6 Å². The fourth-order valence-corrected chi connectivity index (χ4v) is 5.24. The number of thiophene rings is 1. The summed E-state index contributed by atoms with van der Waals surface area (Å²) in [5.74, 6) is 0.121. The summed E-state index contributed by atoms with van der Waals surface area (Å²) < 4.78 is 5.34. The van der Waals surface area contributed by atoms with Crippen LogP contribution in [0, 0.1) is 19.8 Å². The lowest BCUT2D eigenvalue weighted by Gasteiger charge is -2.26. The summed E-state index contributed by atoms with van der Waals surface area (Å²) in [7, 11) is 0. The number of fused-ring (bicyclic) bond motifs is 1. The molecule has 0 spiro atoms. The molecule has 5 nitrogen and oxygen atoms in total. The van der Waals surface area contributed by atoms with Gasteiger partial charge in [-0.1, -0.05) is 6.07 Å². The zero-order valence-electron chi connectivity index (χ0n) is 16.4. The monoisotopic (exact) mass is 398 g/mol. The first-order chi connectivity index (χ1) is 13.5. The van der Waals surface area contributed by atoms with Gasteiger partial charge in [0.25, 0.3) is 5.91 Å². The Bertz CT molecular complexity index is 879. The second kappa shape index (κ2) is 8.05. The number of carbonyl (C=O) groups is 2. The minimum absolute atomic E-state index is 0.0470. The molecule has 28 heavy (non-hydrogen) atoms. The average molecular weight is 399 g/mol. The van der Waals surface area contributed by atoms with Crippen LogP contribution in [0.4, 0.5) is 5.69 Å². The first kappa shape index (κ1) is 19.2. The molecule has 4 rings (SSSR count). The zero-order chi connectivity index (χ0) is 19.7. The van der Waals surface area contributed by atoms with E-state index in [1.165, 1.54) is 4.88 Å². The molecule has 1 N–H and O–H groups in total. The number of morpholine rings is 1. The summed E-state index contributed by atoms with van der Waals surface area (Å²) in [4.78, 5) is 29.4. The molecule has 0 bridgehead atoms. The van der Waals surface area contributed by atoms with Crippen LogP contribution >= 0.6 is 11.3 Å². The number of carbonyl (C=O) groups excluding carboxylic acids is 2. The van der Waals surface area contributed by atoms with Crippen LogP contribution in [0.5, 0.6) is 0 Å². The number of benzene rings is 1. The van der Waals surface area contributed by atoms with E-state index in [-0.39, 0.29) is 17.7 Å². The molecule has 1 saturated heterocycles. The van der Waals surface area contributed by atoms with Crippen LogP contribution in [0.2, 0.25) is 0 Å². The summed E-state index contributed by atoms with van der Waals surface area (Å²) in [6.45, 7) is 6.60. The van der Waals surface area contributed by atoms with Gasteiger partial charge < -0.3 is 15.0 Å². The van der Waals surface area contributed by atoms with Crippen molar-refractivity contribution in [3.8, 4) is 0 Å². The number of hydrogen-bond donors (Lipinski definition) is 1. The molecule has 0 saturated carbocycles. The van der Waals surface area contributed by atoms with Crippen molar-refractivity contribution >= 4 is 28.8 Å². The molecular formula is C22H26N2O3S. The van der Waals surface area contributed by atoms with E-state index in [0.717, 1.165) is 40.1 Å². The zero-order valence-corrected chi connectivity index (χ0v) is 17.2. The molecule has 1 aromatic carbocycles. The Hall–Kier alpha value is -2.18. The predicted molar refractivity (Wildman–Crippen MR) is 111 cm³/mol. The molecule has 2 amide bonds. The van der Waals surface area contributed by atoms with Crippen molar-refractivity contribution in [1.29, 1.82) is 0 Å². The molecule has 1 aliphatic heterocycles. The Morgan fingerprint density at radius 1 is 1.11 bits per heavy atom. The number of amides is 2. The first-order valence-corrected chi connectivity index (χ1v) is 10.7. The highest BCUT2D eigenvalue weighted by atomic mass is 32.1. The second-order valence-electron chi connectivity index (χ2n) is 7.77. The maximum Gasteiger partial charge on any atom is 0.264 e. The standard InChI is InChI=1S/C22H26N2O3S/c1-14-9-15(2)11-18(10-14)23-21(25)16-3-4-19-17(12-16)13-20(28-19)22(26)24-5-7-27-8-6-24/h9-11,13,16H,3-8,12H2,1-2H3,(H,23,25)/t16-/m0/s1. The number of ether oxygens (including phenoxy) is 1. The van der Waals surface area contributed by atoms with Crippen LogP contribution in [-0.2, 0) is 22.4 Å². The van der Waals surface area contributed by atoms with Gasteiger partial charge in [-0.2, -0.15) is 0 Å². The summed E-state index contributed by atoms with van der Waals surface area (Å²) in [5, 5.41) is 3.08. The number of nitrogens with one attached hydrogen (secondary N) is 1. The Morgan fingerprint density at radius 2 is 1.82 bits per heavy atom. The lowest BCUT2D eigenvalue weighted by molar-refractivity contribution is -0.120. The van der Waals surface area contributed by atoms with Crippen molar-refractivity contribution < 1.29 is 14.3 Å². The van der Waals surface area contributed by atoms with Gasteiger partial charge in [-0.25, -0.2) is 0 Å². The quantitative estimate of drug-likeness (QED) is 0.860. The van der Waals surface area contributed by atoms with E-state index >= 15 is 0 Å². The van der Waals surface area contributed by atoms with Gasteiger partial charge >= 0.3 is 0 Å². The van der Waals surface area contributed by atoms with E-state index in [1.807, 2.05) is 36.9 Å². The summed E-state index contributed by atoms with van der Waals surface area (Å²) >= 11 is 1.59. The number of nitrogens with zero attached hydrogens (tertiary/aromatic N) is 1. The van der Waals surface area contributed by atoms with Crippen LogP contribution in [0.1, 0.15) is 37.7 Å². The third kappa shape index (κ3) is 4.13. The van der Waals surface area contributed by atoms with Crippen LogP contribution in [-0.4, -0.2) is 43.0 Å². The maximum atomic E-state index is 12.8. The molecule has 1 atom stereocenters. The van der Waals surface area contributed by atoms with Gasteiger partial charge in [0.2, 0.25) is 5.91 Å². The summed E-state index contributed by atoms with van der Waals surface area (Å²) in [6, 6.07) is 8.11. The van der Waals surface area contributed by atoms with Gasteiger partial charge in [0, 0.05) is 29.6 Å². The maximum absolute atomic E-state index is 12.8. The molecular weight excluding hydrogens is 372 g/mol. The minimum Gasteiger partial charge on any atom is -0.378 e. The largest absolute Gasteiger partial charge is 0.378 e. The normalized spacial score (nSPS) is 19.2. The predicted octanol–water partition coefficient (Wildman–Crippen LogP) is 3.58. The number of anilines is 1. The SMILES string of the molecule is Cc1cc(C)cc(NC(=O)[C@H]2CCc3sc(C(=O)N4CCOCC4)cc3C2)c1. The number of aryl methyl sites for hydroxylation is 3. The fourth-order valence-electron chi connectivity index (χ4n) is 4.07. The van der Waals surface area contributed by atoms with Gasteiger partial charge in [-0.05, 0) is 68.0 Å². The molecule has 6 heteroatoms. The fraction of sp³-hybridized carbons (Fsp3) is 0.455. The van der Waals surface area contributed by atoms with E-state index in [4.69, 9.17) is 4.74 Å².